The molecule has 0 spiro atoms. The lowest BCUT2D eigenvalue weighted by atomic mass is 10.1. The summed E-state index contributed by atoms with van der Waals surface area (Å²) in [6.45, 7) is 0.659. The maximum absolute atomic E-state index is 9.28. The fraction of sp³-hybridized carbons (Fsp3) is 0.0556. The van der Waals surface area contributed by atoms with Gasteiger partial charge in [-0.2, -0.15) is 5.26 Å². The number of pyridine rings is 2. The zero-order valence-electron chi connectivity index (χ0n) is 12.1. The third-order valence-electron chi connectivity index (χ3n) is 3.87. The fourth-order valence-corrected chi connectivity index (χ4v) is 2.97. The highest BCUT2D eigenvalue weighted by Gasteiger charge is 2.09. The molecule has 3 heterocycles. The predicted molar refractivity (Wildman–Crippen MR) is 90.3 cm³/mol. The Labute approximate surface area is 137 Å². The Hall–Kier alpha value is -2.90. The lowest BCUT2D eigenvalue weighted by molar-refractivity contribution is 0.835. The highest BCUT2D eigenvalue weighted by Crippen LogP contribution is 2.23. The van der Waals surface area contributed by atoms with Gasteiger partial charge < -0.3 is 4.57 Å². The number of aromatic nitrogens is 3. The van der Waals surface area contributed by atoms with E-state index in [4.69, 9.17) is 11.6 Å². The minimum atomic E-state index is 0.622. The van der Waals surface area contributed by atoms with E-state index in [0.29, 0.717) is 17.1 Å². The first kappa shape index (κ1) is 13.7. The molecule has 0 N–H and O–H groups in total. The maximum atomic E-state index is 9.28. The third kappa shape index (κ3) is 2.41. The van der Waals surface area contributed by atoms with Gasteiger partial charge in [-0.15, -0.1) is 0 Å². The van der Waals surface area contributed by atoms with E-state index in [0.717, 1.165) is 27.4 Å². The zero-order valence-corrected chi connectivity index (χ0v) is 12.8. The van der Waals surface area contributed by atoms with Crippen LogP contribution in [0, 0.1) is 11.3 Å². The molecule has 0 unspecified atom stereocenters. The molecule has 5 heteroatoms. The molecule has 0 saturated heterocycles. The number of benzene rings is 1. The van der Waals surface area contributed by atoms with Gasteiger partial charge in [-0.05, 0) is 29.8 Å². The van der Waals surface area contributed by atoms with E-state index >= 15 is 0 Å². The molecule has 4 aromatic rings. The van der Waals surface area contributed by atoms with E-state index in [1.165, 1.54) is 0 Å². The lowest BCUT2D eigenvalue weighted by Crippen LogP contribution is -1.98. The molecule has 0 atom stereocenters. The summed E-state index contributed by atoms with van der Waals surface area (Å²) in [5.74, 6) is 0. The Balaban J connectivity index is 1.80. The van der Waals surface area contributed by atoms with Crippen molar-refractivity contribution in [2.24, 2.45) is 0 Å². The van der Waals surface area contributed by atoms with Gasteiger partial charge in [0.1, 0.15) is 6.07 Å². The van der Waals surface area contributed by atoms with Crippen LogP contribution < -0.4 is 0 Å². The molecule has 3 aromatic heterocycles. The van der Waals surface area contributed by atoms with Crippen molar-refractivity contribution in [3.63, 3.8) is 0 Å². The average molecular weight is 319 g/mol. The van der Waals surface area contributed by atoms with Gasteiger partial charge in [0.25, 0.3) is 0 Å². The minimum absolute atomic E-state index is 0.622. The second-order valence-corrected chi connectivity index (χ2v) is 5.79. The van der Waals surface area contributed by atoms with Crippen molar-refractivity contribution in [3.8, 4) is 6.07 Å². The Morgan fingerprint density at radius 2 is 2.09 bits per heavy atom. The molecule has 0 radical (unpaired) electrons. The fourth-order valence-electron chi connectivity index (χ4n) is 2.81. The highest BCUT2D eigenvalue weighted by molar-refractivity contribution is 6.31. The Morgan fingerprint density at radius 1 is 1.17 bits per heavy atom. The predicted octanol–water partition coefficient (Wildman–Crippen LogP) is 4.16. The van der Waals surface area contributed by atoms with Gasteiger partial charge in [0, 0.05) is 35.9 Å². The van der Waals surface area contributed by atoms with E-state index in [2.05, 4.69) is 22.1 Å². The standard InChI is InChI=1S/C18H11ClN4/c19-15-6-13-5-12(1-2-17(13)22-8-15)10-23-11-14(7-20)16-3-4-21-9-18(16)23/h1-6,8-9,11H,10H2. The van der Waals surface area contributed by atoms with Crippen molar-refractivity contribution in [2.75, 3.05) is 0 Å². The van der Waals surface area contributed by atoms with Crippen molar-refractivity contribution in [1.82, 2.24) is 14.5 Å². The number of halogens is 1. The Kier molecular flexibility index (Phi) is 3.22. The Bertz CT molecular complexity index is 1080. The molecule has 0 aliphatic carbocycles. The highest BCUT2D eigenvalue weighted by atomic mass is 35.5. The van der Waals surface area contributed by atoms with Crippen LogP contribution in [0.2, 0.25) is 5.02 Å². The molecule has 4 nitrogen and oxygen atoms in total. The topological polar surface area (TPSA) is 54.5 Å². The van der Waals surface area contributed by atoms with Crippen LogP contribution in [0.3, 0.4) is 0 Å². The molecule has 0 amide bonds. The van der Waals surface area contributed by atoms with Crippen LogP contribution in [-0.4, -0.2) is 14.5 Å². The molecule has 0 saturated carbocycles. The van der Waals surface area contributed by atoms with Gasteiger partial charge in [-0.1, -0.05) is 17.7 Å². The number of nitrogens with zero attached hydrogens (tertiary/aromatic N) is 4. The first-order valence-electron chi connectivity index (χ1n) is 7.12. The second-order valence-electron chi connectivity index (χ2n) is 5.36. The van der Waals surface area contributed by atoms with E-state index in [-0.39, 0.29) is 0 Å². The molecular formula is C18H11ClN4. The molecule has 0 fully saturated rings. The van der Waals surface area contributed by atoms with E-state index in [1.54, 1.807) is 18.6 Å². The molecule has 4 rings (SSSR count). The average Bonchev–Trinajstić information content (AvgIpc) is 2.92. The van der Waals surface area contributed by atoms with Gasteiger partial charge >= 0.3 is 0 Å². The largest absolute Gasteiger partial charge is 0.340 e. The molecule has 1 aromatic carbocycles. The van der Waals surface area contributed by atoms with Crippen LogP contribution in [0.1, 0.15) is 11.1 Å². The van der Waals surface area contributed by atoms with E-state index in [9.17, 15) is 5.26 Å². The van der Waals surface area contributed by atoms with E-state index in [1.807, 2.05) is 35.0 Å². The summed E-state index contributed by atoms with van der Waals surface area (Å²) in [7, 11) is 0. The SMILES string of the molecule is N#Cc1cn(Cc2ccc3ncc(Cl)cc3c2)c2cnccc12. The quantitative estimate of drug-likeness (QED) is 0.557. The van der Waals surface area contributed by atoms with Crippen molar-refractivity contribution in [1.29, 1.82) is 5.26 Å². The molecular weight excluding hydrogens is 308 g/mol. The summed E-state index contributed by atoms with van der Waals surface area (Å²) >= 11 is 6.02. The minimum Gasteiger partial charge on any atom is -0.340 e. The number of nitriles is 1. The van der Waals surface area contributed by atoms with Crippen molar-refractivity contribution in [3.05, 3.63) is 71.3 Å². The first-order chi connectivity index (χ1) is 11.2. The van der Waals surface area contributed by atoms with Crippen molar-refractivity contribution in [2.45, 2.75) is 6.54 Å². The van der Waals surface area contributed by atoms with Crippen LogP contribution >= 0.6 is 11.6 Å². The summed E-state index contributed by atoms with van der Waals surface area (Å²) in [5, 5.41) is 11.8. The van der Waals surface area contributed by atoms with Gasteiger partial charge in [-0.25, -0.2) is 0 Å². The summed E-state index contributed by atoms with van der Waals surface area (Å²) in [5.41, 5.74) is 3.64. The van der Waals surface area contributed by atoms with Crippen LogP contribution in [0.4, 0.5) is 0 Å². The maximum Gasteiger partial charge on any atom is 0.101 e. The van der Waals surface area contributed by atoms with Crippen LogP contribution in [0.15, 0.2) is 55.1 Å². The molecule has 0 aliphatic rings. The normalized spacial score (nSPS) is 11.0. The smallest absolute Gasteiger partial charge is 0.101 e. The molecule has 0 bridgehead atoms. The van der Waals surface area contributed by atoms with Crippen molar-refractivity contribution >= 4 is 33.4 Å². The first-order valence-corrected chi connectivity index (χ1v) is 7.49. The monoisotopic (exact) mass is 318 g/mol. The number of fused-ring (bicyclic) bond motifs is 2. The summed E-state index contributed by atoms with van der Waals surface area (Å²) < 4.78 is 2.04. The second kappa shape index (κ2) is 5.38. The van der Waals surface area contributed by atoms with Gasteiger partial charge in [0.05, 0.1) is 27.8 Å². The van der Waals surface area contributed by atoms with E-state index < -0.39 is 0 Å². The number of hydrogen-bond acceptors (Lipinski definition) is 3. The summed E-state index contributed by atoms with van der Waals surface area (Å²) in [4.78, 5) is 8.47. The number of rotatable bonds is 2. The van der Waals surface area contributed by atoms with Crippen LogP contribution in [0.5, 0.6) is 0 Å². The van der Waals surface area contributed by atoms with Gasteiger partial charge in [-0.3, -0.25) is 9.97 Å². The van der Waals surface area contributed by atoms with Gasteiger partial charge in [0.2, 0.25) is 0 Å². The van der Waals surface area contributed by atoms with Crippen LogP contribution in [-0.2, 0) is 6.54 Å². The third-order valence-corrected chi connectivity index (χ3v) is 4.08. The van der Waals surface area contributed by atoms with Crippen LogP contribution in [0.25, 0.3) is 21.8 Å². The summed E-state index contributed by atoms with van der Waals surface area (Å²) in [6.07, 6.45) is 7.01. The number of hydrogen-bond donors (Lipinski definition) is 0. The summed E-state index contributed by atoms with van der Waals surface area (Å²) in [6, 6.07) is 12.1. The molecule has 0 aliphatic heterocycles. The molecule has 23 heavy (non-hydrogen) atoms. The Morgan fingerprint density at radius 3 is 2.96 bits per heavy atom. The van der Waals surface area contributed by atoms with Crippen molar-refractivity contribution < 1.29 is 0 Å². The lowest BCUT2D eigenvalue weighted by Gasteiger charge is -2.07. The molecule has 110 valence electrons. The zero-order chi connectivity index (χ0) is 15.8. The van der Waals surface area contributed by atoms with Gasteiger partial charge in [0.15, 0.2) is 0 Å².